The van der Waals surface area contributed by atoms with E-state index in [2.05, 4.69) is 32.0 Å². The van der Waals surface area contributed by atoms with Crippen LogP contribution in [0, 0.1) is 18.3 Å². The predicted octanol–water partition coefficient (Wildman–Crippen LogP) is 4.12. The molecule has 2 aromatic heterocycles. The van der Waals surface area contributed by atoms with Gasteiger partial charge in [-0.3, -0.25) is 4.79 Å². The van der Waals surface area contributed by atoms with E-state index < -0.39 is 0 Å². The number of H-pyrrole nitrogens is 1. The molecule has 0 aliphatic carbocycles. The van der Waals surface area contributed by atoms with Crippen LogP contribution in [0.25, 0.3) is 22.6 Å². The van der Waals surface area contributed by atoms with Crippen LogP contribution >= 0.6 is 27.3 Å². The van der Waals surface area contributed by atoms with Crippen LogP contribution < -0.4 is 5.56 Å². The highest BCUT2D eigenvalue weighted by atomic mass is 79.9. The number of thiophene rings is 1. The molecule has 0 radical (unpaired) electrons. The number of hydrogen-bond acceptors (Lipinski definition) is 4. The molecule has 1 aromatic carbocycles. The van der Waals surface area contributed by atoms with Gasteiger partial charge in [-0.05, 0) is 43.3 Å². The number of aryl methyl sites for hydroxylation is 1. The van der Waals surface area contributed by atoms with E-state index >= 15 is 0 Å². The molecule has 0 bridgehead atoms. The minimum absolute atomic E-state index is 0.259. The van der Waals surface area contributed by atoms with Gasteiger partial charge in [0.25, 0.3) is 5.56 Å². The van der Waals surface area contributed by atoms with Crippen LogP contribution in [-0.4, -0.2) is 9.97 Å². The Balaban J connectivity index is 2.16. The summed E-state index contributed by atoms with van der Waals surface area (Å²) in [6, 6.07) is 11.3. The van der Waals surface area contributed by atoms with Gasteiger partial charge in [0.15, 0.2) is 5.82 Å². The summed E-state index contributed by atoms with van der Waals surface area (Å²) in [5.41, 5.74) is 0.638. The highest BCUT2D eigenvalue weighted by molar-refractivity contribution is 9.10. The Hall–Kier alpha value is -2.23. The normalized spacial score (nSPS) is 11.6. The molecule has 108 valence electrons. The van der Waals surface area contributed by atoms with Gasteiger partial charge in [0.05, 0.1) is 16.5 Å². The third-order valence-corrected chi connectivity index (χ3v) is 4.53. The molecule has 22 heavy (non-hydrogen) atoms. The number of hydrogen-bond donors (Lipinski definition) is 1. The van der Waals surface area contributed by atoms with Crippen molar-refractivity contribution in [1.82, 2.24) is 9.97 Å². The second-order valence-electron chi connectivity index (χ2n) is 4.69. The third-order valence-electron chi connectivity index (χ3n) is 3.09. The summed E-state index contributed by atoms with van der Waals surface area (Å²) in [7, 11) is 0. The summed E-state index contributed by atoms with van der Waals surface area (Å²) in [6.07, 6.45) is 1.74. The number of nitrogens with zero attached hydrogens (tertiary/aromatic N) is 2. The summed E-state index contributed by atoms with van der Waals surface area (Å²) in [6.45, 7) is 2.00. The molecule has 4 nitrogen and oxygen atoms in total. The molecule has 0 aliphatic rings. The number of aromatic amines is 1. The average Bonchev–Trinajstić information content (AvgIpc) is 2.90. The number of aromatic nitrogens is 2. The van der Waals surface area contributed by atoms with E-state index in [9.17, 15) is 10.1 Å². The molecular weight excluding hydrogens is 362 g/mol. The fourth-order valence-corrected chi connectivity index (χ4v) is 3.25. The predicted molar refractivity (Wildman–Crippen MR) is 92.6 cm³/mol. The number of benzene rings is 1. The first-order valence-electron chi connectivity index (χ1n) is 6.45. The molecule has 0 atom stereocenters. The van der Waals surface area contributed by atoms with Crippen LogP contribution in [0.5, 0.6) is 0 Å². The summed E-state index contributed by atoms with van der Waals surface area (Å²) >= 11 is 4.91. The molecule has 0 amide bonds. The molecule has 3 aromatic rings. The van der Waals surface area contributed by atoms with E-state index in [4.69, 9.17) is 0 Å². The summed E-state index contributed by atoms with van der Waals surface area (Å²) in [5.74, 6) is 0.286. The summed E-state index contributed by atoms with van der Waals surface area (Å²) < 4.78 is 0.810. The minimum Gasteiger partial charge on any atom is -0.305 e. The fourth-order valence-electron chi connectivity index (χ4n) is 2.07. The highest BCUT2D eigenvalue weighted by Gasteiger charge is 2.09. The minimum atomic E-state index is -0.259. The van der Waals surface area contributed by atoms with Gasteiger partial charge >= 0.3 is 0 Å². The Morgan fingerprint density at radius 2 is 2.23 bits per heavy atom. The Bertz CT molecular complexity index is 995. The second-order valence-corrected chi connectivity index (χ2v) is 6.93. The zero-order valence-corrected chi connectivity index (χ0v) is 14.0. The average molecular weight is 372 g/mol. The van der Waals surface area contributed by atoms with Gasteiger partial charge in [-0.1, -0.05) is 15.9 Å². The summed E-state index contributed by atoms with van der Waals surface area (Å²) in [4.78, 5) is 21.4. The largest absolute Gasteiger partial charge is 0.305 e. The van der Waals surface area contributed by atoms with Crippen molar-refractivity contribution >= 4 is 49.8 Å². The van der Waals surface area contributed by atoms with Crippen molar-refractivity contribution < 1.29 is 0 Å². The smallest absolute Gasteiger partial charge is 0.259 e. The Morgan fingerprint density at radius 3 is 2.91 bits per heavy atom. The van der Waals surface area contributed by atoms with Crippen LogP contribution in [0.15, 0.2) is 39.6 Å². The topological polar surface area (TPSA) is 69.5 Å². The van der Waals surface area contributed by atoms with Crippen molar-refractivity contribution in [2.24, 2.45) is 0 Å². The van der Waals surface area contributed by atoms with Crippen molar-refractivity contribution in [3.8, 4) is 6.07 Å². The molecule has 0 spiro atoms. The molecule has 6 heteroatoms. The maximum Gasteiger partial charge on any atom is 0.259 e. The van der Waals surface area contributed by atoms with Crippen molar-refractivity contribution in [3.05, 3.63) is 60.7 Å². The van der Waals surface area contributed by atoms with E-state index in [0.29, 0.717) is 16.5 Å². The van der Waals surface area contributed by atoms with Gasteiger partial charge < -0.3 is 4.98 Å². The van der Waals surface area contributed by atoms with Gasteiger partial charge in [0, 0.05) is 14.2 Å². The monoisotopic (exact) mass is 371 g/mol. The maximum absolute atomic E-state index is 12.2. The van der Waals surface area contributed by atoms with E-state index in [1.807, 2.05) is 25.1 Å². The SMILES string of the molecule is Cc1ccc(/C=C(\C#N)c2nc3ccc(Br)cc3c(=O)[nH]2)s1. The number of allylic oxidation sites excluding steroid dienone is 1. The lowest BCUT2D eigenvalue weighted by Crippen LogP contribution is -2.11. The van der Waals surface area contributed by atoms with Gasteiger partial charge in [0.1, 0.15) is 6.07 Å². The van der Waals surface area contributed by atoms with Gasteiger partial charge in [-0.15, -0.1) is 11.3 Å². The standard InChI is InChI=1S/C16H10BrN3OS/c1-9-2-4-12(22-9)6-10(8-18)15-19-14-5-3-11(17)7-13(14)16(21)20-15/h2-7H,1H3,(H,19,20,21)/b10-6+. The Labute approximate surface area is 138 Å². The number of rotatable bonds is 2. The first-order chi connectivity index (χ1) is 10.6. The fraction of sp³-hybridized carbons (Fsp3) is 0.0625. The molecule has 3 rings (SSSR count). The van der Waals surface area contributed by atoms with E-state index in [0.717, 1.165) is 14.2 Å². The number of nitriles is 1. The van der Waals surface area contributed by atoms with E-state index in [1.165, 1.54) is 0 Å². The highest BCUT2D eigenvalue weighted by Crippen LogP contribution is 2.22. The lowest BCUT2D eigenvalue weighted by molar-refractivity contribution is 1.13. The van der Waals surface area contributed by atoms with Crippen LogP contribution in [0.1, 0.15) is 15.6 Å². The van der Waals surface area contributed by atoms with Crippen molar-refractivity contribution in [3.63, 3.8) is 0 Å². The molecule has 0 aliphatic heterocycles. The third kappa shape index (κ3) is 2.86. The number of halogens is 1. The Kier molecular flexibility index (Phi) is 3.92. The van der Waals surface area contributed by atoms with Crippen LogP contribution in [0.2, 0.25) is 0 Å². The maximum atomic E-state index is 12.2. The zero-order valence-electron chi connectivity index (χ0n) is 11.6. The molecule has 0 saturated carbocycles. The zero-order chi connectivity index (χ0) is 15.7. The van der Waals surface area contributed by atoms with Crippen molar-refractivity contribution in [2.45, 2.75) is 6.92 Å². The molecule has 0 saturated heterocycles. The van der Waals surface area contributed by atoms with Crippen molar-refractivity contribution in [2.75, 3.05) is 0 Å². The molecule has 1 N–H and O–H groups in total. The van der Waals surface area contributed by atoms with Gasteiger partial charge in [-0.25, -0.2) is 4.98 Å². The molecular formula is C16H10BrN3OS. The van der Waals surface area contributed by atoms with Gasteiger partial charge in [0.2, 0.25) is 0 Å². The lowest BCUT2D eigenvalue weighted by Gasteiger charge is -2.02. The van der Waals surface area contributed by atoms with Crippen LogP contribution in [0.3, 0.4) is 0 Å². The van der Waals surface area contributed by atoms with Crippen LogP contribution in [0.4, 0.5) is 0 Å². The number of nitrogens with one attached hydrogen (secondary N) is 1. The van der Waals surface area contributed by atoms with Gasteiger partial charge in [-0.2, -0.15) is 5.26 Å². The molecule has 0 fully saturated rings. The Morgan fingerprint density at radius 1 is 1.41 bits per heavy atom. The first-order valence-corrected chi connectivity index (χ1v) is 8.06. The first kappa shape index (κ1) is 14.7. The second kappa shape index (κ2) is 5.87. The quantitative estimate of drug-likeness (QED) is 0.688. The molecule has 2 heterocycles. The van der Waals surface area contributed by atoms with E-state index in [-0.39, 0.29) is 11.4 Å². The number of fused-ring (bicyclic) bond motifs is 1. The molecule has 0 unspecified atom stereocenters. The summed E-state index contributed by atoms with van der Waals surface area (Å²) in [5, 5.41) is 9.86. The van der Waals surface area contributed by atoms with E-state index in [1.54, 1.807) is 29.5 Å². The van der Waals surface area contributed by atoms with Crippen LogP contribution in [-0.2, 0) is 0 Å². The van der Waals surface area contributed by atoms with Crippen molar-refractivity contribution in [1.29, 1.82) is 5.26 Å². The lowest BCUT2D eigenvalue weighted by atomic mass is 10.2.